The Hall–Kier alpha value is -2.73. The summed E-state index contributed by atoms with van der Waals surface area (Å²) in [7, 11) is 0. The third-order valence-electron chi connectivity index (χ3n) is 4.90. The number of hydrogen-bond donors (Lipinski definition) is 1. The van der Waals surface area contributed by atoms with E-state index in [0.717, 1.165) is 38.0 Å². The molecule has 1 N–H and O–H groups in total. The van der Waals surface area contributed by atoms with Crippen LogP contribution < -0.4 is 5.32 Å². The van der Waals surface area contributed by atoms with Crippen LogP contribution in [0.15, 0.2) is 48.5 Å². The van der Waals surface area contributed by atoms with Crippen molar-refractivity contribution in [2.75, 3.05) is 18.4 Å². The van der Waals surface area contributed by atoms with E-state index >= 15 is 0 Å². The fourth-order valence-corrected chi connectivity index (χ4v) is 3.29. The lowest BCUT2D eigenvalue weighted by Gasteiger charge is -2.31. The number of nitro groups is 1. The van der Waals surface area contributed by atoms with Gasteiger partial charge >= 0.3 is 0 Å². The van der Waals surface area contributed by atoms with Crippen molar-refractivity contribution in [1.82, 2.24) is 4.90 Å². The molecule has 1 saturated heterocycles. The van der Waals surface area contributed by atoms with E-state index < -0.39 is 4.92 Å². The van der Waals surface area contributed by atoms with E-state index in [-0.39, 0.29) is 17.5 Å². The molecule has 1 amide bonds. The van der Waals surface area contributed by atoms with E-state index in [9.17, 15) is 14.9 Å². The third kappa shape index (κ3) is 4.46. The normalized spacial score (nSPS) is 15.6. The molecule has 0 bridgehead atoms. The van der Waals surface area contributed by atoms with Gasteiger partial charge in [-0.05, 0) is 44.0 Å². The first-order valence-corrected chi connectivity index (χ1v) is 8.85. The van der Waals surface area contributed by atoms with Crippen LogP contribution in [0, 0.1) is 23.0 Å². The van der Waals surface area contributed by atoms with Crippen LogP contribution in [0.1, 0.15) is 24.0 Å². The number of carbonyl (C=O) groups excluding carboxylic acids is 1. The molecule has 1 heterocycles. The highest BCUT2D eigenvalue weighted by molar-refractivity contribution is 5.93. The van der Waals surface area contributed by atoms with Gasteiger partial charge in [-0.2, -0.15) is 0 Å². The topological polar surface area (TPSA) is 75.5 Å². The van der Waals surface area contributed by atoms with E-state index in [4.69, 9.17) is 0 Å². The molecule has 0 saturated carbocycles. The number of piperidine rings is 1. The van der Waals surface area contributed by atoms with Gasteiger partial charge in [-0.15, -0.1) is 0 Å². The molecule has 0 unspecified atom stereocenters. The summed E-state index contributed by atoms with van der Waals surface area (Å²) in [6.45, 7) is 4.49. The number of nitrogens with one attached hydrogen (secondary N) is 1. The molecule has 0 atom stereocenters. The number of benzene rings is 2. The molecule has 6 nitrogen and oxygen atoms in total. The van der Waals surface area contributed by atoms with Crippen LogP contribution in [0.5, 0.6) is 0 Å². The smallest absolute Gasteiger partial charge is 0.271 e. The van der Waals surface area contributed by atoms with Gasteiger partial charge in [-0.3, -0.25) is 19.8 Å². The summed E-state index contributed by atoms with van der Waals surface area (Å²) in [5.74, 6) is -0.103. The Kier molecular flexibility index (Phi) is 5.63. The van der Waals surface area contributed by atoms with Crippen molar-refractivity contribution in [2.45, 2.75) is 26.3 Å². The highest BCUT2D eigenvalue weighted by atomic mass is 16.6. The second kappa shape index (κ2) is 8.10. The number of rotatable bonds is 5. The number of amides is 1. The lowest BCUT2D eigenvalue weighted by atomic mass is 9.95. The quantitative estimate of drug-likeness (QED) is 0.656. The standard InChI is InChI=1S/C20H23N3O3/c1-15-7-8-18(23(25)26)13-19(15)21-20(24)17-9-11-22(12-10-17)14-16-5-3-2-4-6-16/h2-8,13,17H,9-12,14H2,1H3,(H,21,24). The summed E-state index contributed by atoms with van der Waals surface area (Å²) in [6.07, 6.45) is 1.60. The molecular formula is C20H23N3O3. The Bertz CT molecular complexity index is 784. The average molecular weight is 353 g/mol. The molecule has 6 heteroatoms. The summed E-state index contributed by atoms with van der Waals surface area (Å²) in [5.41, 5.74) is 2.62. The number of nitro benzene ring substituents is 1. The maximum atomic E-state index is 12.6. The first-order valence-electron chi connectivity index (χ1n) is 8.85. The monoisotopic (exact) mass is 353 g/mol. The lowest BCUT2D eigenvalue weighted by Crippen LogP contribution is -2.37. The fourth-order valence-electron chi connectivity index (χ4n) is 3.29. The Balaban J connectivity index is 1.55. The Morgan fingerprint density at radius 2 is 1.88 bits per heavy atom. The van der Waals surface area contributed by atoms with Crippen molar-refractivity contribution >= 4 is 17.3 Å². The number of non-ortho nitro benzene ring substituents is 1. The average Bonchev–Trinajstić information content (AvgIpc) is 2.64. The lowest BCUT2D eigenvalue weighted by molar-refractivity contribution is -0.384. The van der Waals surface area contributed by atoms with Crippen molar-refractivity contribution in [3.05, 3.63) is 69.8 Å². The second-order valence-corrected chi connectivity index (χ2v) is 6.78. The molecule has 0 aromatic heterocycles. The molecule has 1 aliphatic heterocycles. The van der Waals surface area contributed by atoms with Crippen LogP contribution in [-0.2, 0) is 11.3 Å². The molecule has 0 spiro atoms. The van der Waals surface area contributed by atoms with Gasteiger partial charge in [0.15, 0.2) is 0 Å². The van der Waals surface area contributed by atoms with Crippen LogP contribution in [0.3, 0.4) is 0 Å². The molecule has 26 heavy (non-hydrogen) atoms. The molecule has 136 valence electrons. The van der Waals surface area contributed by atoms with Gasteiger partial charge in [-0.25, -0.2) is 0 Å². The van der Waals surface area contributed by atoms with Crippen LogP contribution in [0.25, 0.3) is 0 Å². The summed E-state index contributed by atoms with van der Waals surface area (Å²) in [4.78, 5) is 25.4. The minimum Gasteiger partial charge on any atom is -0.325 e. The van der Waals surface area contributed by atoms with Gasteiger partial charge in [-0.1, -0.05) is 36.4 Å². The number of nitrogens with zero attached hydrogens (tertiary/aromatic N) is 2. The number of carbonyl (C=O) groups is 1. The highest BCUT2D eigenvalue weighted by Gasteiger charge is 2.25. The highest BCUT2D eigenvalue weighted by Crippen LogP contribution is 2.25. The largest absolute Gasteiger partial charge is 0.325 e. The third-order valence-corrected chi connectivity index (χ3v) is 4.90. The molecule has 1 aliphatic rings. The SMILES string of the molecule is Cc1ccc([N+](=O)[O-])cc1NC(=O)C1CCN(Cc2ccccc2)CC1. The van der Waals surface area contributed by atoms with Crippen molar-refractivity contribution in [1.29, 1.82) is 0 Å². The van der Waals surface area contributed by atoms with Crippen molar-refractivity contribution in [3.63, 3.8) is 0 Å². The number of likely N-dealkylation sites (tertiary alicyclic amines) is 1. The Morgan fingerprint density at radius 1 is 1.19 bits per heavy atom. The minimum absolute atomic E-state index is 0.0106. The predicted molar refractivity (Wildman–Crippen MR) is 101 cm³/mol. The summed E-state index contributed by atoms with van der Waals surface area (Å²) in [5, 5.41) is 13.8. The molecular weight excluding hydrogens is 330 g/mol. The summed E-state index contributed by atoms with van der Waals surface area (Å²) >= 11 is 0. The van der Waals surface area contributed by atoms with Crippen molar-refractivity contribution in [2.24, 2.45) is 5.92 Å². The minimum atomic E-state index is -0.447. The van der Waals surface area contributed by atoms with Crippen LogP contribution in [-0.4, -0.2) is 28.8 Å². The number of anilines is 1. The van der Waals surface area contributed by atoms with Gasteiger partial charge in [0, 0.05) is 24.6 Å². The summed E-state index contributed by atoms with van der Waals surface area (Å²) in [6, 6.07) is 14.9. The van der Waals surface area contributed by atoms with Gasteiger partial charge < -0.3 is 5.32 Å². The molecule has 3 rings (SSSR count). The van der Waals surface area contributed by atoms with E-state index in [1.165, 1.54) is 17.7 Å². The van der Waals surface area contributed by atoms with E-state index in [0.29, 0.717) is 5.69 Å². The van der Waals surface area contributed by atoms with Crippen molar-refractivity contribution < 1.29 is 9.72 Å². The van der Waals surface area contributed by atoms with Crippen molar-refractivity contribution in [3.8, 4) is 0 Å². The van der Waals surface area contributed by atoms with E-state index in [1.54, 1.807) is 6.07 Å². The van der Waals surface area contributed by atoms with Gasteiger partial charge in [0.2, 0.25) is 5.91 Å². The first kappa shape index (κ1) is 18.1. The van der Waals surface area contributed by atoms with Crippen LogP contribution >= 0.6 is 0 Å². The Morgan fingerprint density at radius 3 is 2.54 bits per heavy atom. The van der Waals surface area contributed by atoms with E-state index in [1.807, 2.05) is 25.1 Å². The molecule has 1 fully saturated rings. The zero-order valence-corrected chi connectivity index (χ0v) is 14.9. The van der Waals surface area contributed by atoms with Gasteiger partial charge in [0.05, 0.1) is 10.6 Å². The van der Waals surface area contributed by atoms with Crippen LogP contribution in [0.2, 0.25) is 0 Å². The maximum Gasteiger partial charge on any atom is 0.271 e. The second-order valence-electron chi connectivity index (χ2n) is 6.78. The fraction of sp³-hybridized carbons (Fsp3) is 0.350. The van der Waals surface area contributed by atoms with E-state index in [2.05, 4.69) is 22.3 Å². The predicted octanol–water partition coefficient (Wildman–Crippen LogP) is 3.75. The Labute approximate surface area is 153 Å². The van der Waals surface area contributed by atoms with Gasteiger partial charge in [0.1, 0.15) is 0 Å². The van der Waals surface area contributed by atoms with Gasteiger partial charge in [0.25, 0.3) is 5.69 Å². The maximum absolute atomic E-state index is 12.6. The zero-order valence-electron chi connectivity index (χ0n) is 14.9. The summed E-state index contributed by atoms with van der Waals surface area (Å²) < 4.78 is 0. The van der Waals surface area contributed by atoms with Crippen LogP contribution in [0.4, 0.5) is 11.4 Å². The molecule has 2 aromatic rings. The first-order chi connectivity index (χ1) is 12.5. The molecule has 0 radical (unpaired) electrons. The number of aryl methyl sites for hydroxylation is 1. The molecule has 0 aliphatic carbocycles. The zero-order chi connectivity index (χ0) is 18.5. The number of hydrogen-bond acceptors (Lipinski definition) is 4. The molecule has 2 aromatic carbocycles.